The SMILES string of the molecule is CCC(C)(C)c1cc2nnc(C(C)NC(=O)Nc3c(C)cc(C)cc3C)n2[nH]1. The maximum Gasteiger partial charge on any atom is 0.319 e. The third-order valence-electron chi connectivity index (χ3n) is 5.48. The molecule has 0 spiro atoms. The fourth-order valence-electron chi connectivity index (χ4n) is 3.40. The second-order valence-corrected chi connectivity index (χ2v) is 8.25. The molecule has 0 radical (unpaired) electrons. The number of nitrogens with one attached hydrogen (secondary N) is 3. The van der Waals surface area contributed by atoms with Crippen LogP contribution in [-0.2, 0) is 5.41 Å². The molecule has 1 unspecified atom stereocenters. The second-order valence-electron chi connectivity index (χ2n) is 8.25. The zero-order valence-electron chi connectivity index (χ0n) is 17.8. The molecular formula is C21H30N6O. The molecule has 3 aromatic rings. The predicted molar refractivity (Wildman–Crippen MR) is 112 cm³/mol. The monoisotopic (exact) mass is 382 g/mol. The number of rotatable bonds is 5. The van der Waals surface area contributed by atoms with Crippen LogP contribution in [0.1, 0.15) is 68.4 Å². The van der Waals surface area contributed by atoms with Gasteiger partial charge in [-0.3, -0.25) is 5.10 Å². The molecule has 28 heavy (non-hydrogen) atoms. The van der Waals surface area contributed by atoms with E-state index in [-0.39, 0.29) is 17.5 Å². The number of carbonyl (C=O) groups excluding carboxylic acids is 1. The molecule has 0 aliphatic rings. The smallest absolute Gasteiger partial charge is 0.319 e. The van der Waals surface area contributed by atoms with Gasteiger partial charge in [-0.25, -0.2) is 9.31 Å². The Balaban J connectivity index is 1.78. The Hall–Kier alpha value is -2.83. The van der Waals surface area contributed by atoms with Crippen molar-refractivity contribution in [2.45, 2.75) is 66.3 Å². The Bertz CT molecular complexity index is 990. The van der Waals surface area contributed by atoms with Gasteiger partial charge >= 0.3 is 6.03 Å². The number of carbonyl (C=O) groups is 1. The summed E-state index contributed by atoms with van der Waals surface area (Å²) >= 11 is 0. The van der Waals surface area contributed by atoms with Crippen molar-refractivity contribution in [3.63, 3.8) is 0 Å². The van der Waals surface area contributed by atoms with E-state index in [0.29, 0.717) is 5.82 Å². The second kappa shape index (κ2) is 7.30. The molecule has 7 nitrogen and oxygen atoms in total. The zero-order chi connectivity index (χ0) is 20.6. The number of benzene rings is 1. The molecule has 1 aromatic carbocycles. The first-order chi connectivity index (χ1) is 13.1. The van der Waals surface area contributed by atoms with E-state index in [1.807, 2.05) is 38.3 Å². The van der Waals surface area contributed by atoms with Crippen LogP contribution in [-0.4, -0.2) is 25.8 Å². The lowest BCUT2D eigenvalue weighted by molar-refractivity contribution is 0.248. The highest BCUT2D eigenvalue weighted by Gasteiger charge is 2.24. The van der Waals surface area contributed by atoms with Gasteiger partial charge in [-0.05, 0) is 45.2 Å². The van der Waals surface area contributed by atoms with Crippen molar-refractivity contribution in [2.75, 3.05) is 5.32 Å². The fraction of sp³-hybridized carbons (Fsp3) is 0.476. The van der Waals surface area contributed by atoms with Crippen LogP contribution >= 0.6 is 0 Å². The van der Waals surface area contributed by atoms with Crippen molar-refractivity contribution in [1.29, 1.82) is 0 Å². The number of amides is 2. The molecule has 3 N–H and O–H groups in total. The van der Waals surface area contributed by atoms with Crippen LogP contribution in [0.4, 0.5) is 10.5 Å². The van der Waals surface area contributed by atoms with Crippen molar-refractivity contribution in [1.82, 2.24) is 25.1 Å². The first kappa shape index (κ1) is 19.9. The summed E-state index contributed by atoms with van der Waals surface area (Å²) in [4.78, 5) is 12.6. The van der Waals surface area contributed by atoms with E-state index in [4.69, 9.17) is 0 Å². The number of hydrogen-bond donors (Lipinski definition) is 3. The maximum absolute atomic E-state index is 12.6. The summed E-state index contributed by atoms with van der Waals surface area (Å²) in [7, 11) is 0. The lowest BCUT2D eigenvalue weighted by atomic mass is 9.87. The third kappa shape index (κ3) is 3.74. The van der Waals surface area contributed by atoms with E-state index in [9.17, 15) is 4.79 Å². The lowest BCUT2D eigenvalue weighted by Gasteiger charge is -2.20. The molecule has 0 aliphatic carbocycles. The van der Waals surface area contributed by atoms with Gasteiger partial charge < -0.3 is 10.6 Å². The Morgan fingerprint density at radius 2 is 1.82 bits per heavy atom. The van der Waals surface area contributed by atoms with Gasteiger partial charge in [-0.15, -0.1) is 10.2 Å². The average Bonchev–Trinajstić information content (AvgIpc) is 3.18. The summed E-state index contributed by atoms with van der Waals surface area (Å²) < 4.78 is 1.85. The zero-order valence-corrected chi connectivity index (χ0v) is 17.8. The number of aromatic nitrogens is 4. The molecule has 0 saturated carbocycles. The summed E-state index contributed by atoms with van der Waals surface area (Å²) in [6, 6.07) is 5.57. The quantitative estimate of drug-likeness (QED) is 0.605. The van der Waals surface area contributed by atoms with Crippen LogP contribution in [0.5, 0.6) is 0 Å². The average molecular weight is 383 g/mol. The van der Waals surface area contributed by atoms with E-state index in [1.165, 1.54) is 5.56 Å². The van der Waals surface area contributed by atoms with E-state index >= 15 is 0 Å². The Kier molecular flexibility index (Phi) is 5.19. The maximum atomic E-state index is 12.6. The van der Waals surface area contributed by atoms with Crippen LogP contribution in [0.25, 0.3) is 5.65 Å². The number of aromatic amines is 1. The highest BCUT2D eigenvalue weighted by Crippen LogP contribution is 2.27. The molecule has 0 fully saturated rings. The van der Waals surface area contributed by atoms with Gasteiger partial charge in [0.15, 0.2) is 11.5 Å². The van der Waals surface area contributed by atoms with Crippen molar-refractivity contribution in [3.05, 3.63) is 46.4 Å². The van der Waals surface area contributed by atoms with Crippen molar-refractivity contribution in [3.8, 4) is 0 Å². The Morgan fingerprint density at radius 1 is 1.18 bits per heavy atom. The fourth-order valence-corrected chi connectivity index (χ4v) is 3.40. The van der Waals surface area contributed by atoms with Crippen LogP contribution < -0.4 is 10.6 Å². The summed E-state index contributed by atoms with van der Waals surface area (Å²) in [5.41, 5.74) is 5.98. The Labute approximate surface area is 165 Å². The van der Waals surface area contributed by atoms with Crippen LogP contribution in [0.15, 0.2) is 18.2 Å². The molecular weight excluding hydrogens is 352 g/mol. The van der Waals surface area contributed by atoms with Crippen molar-refractivity contribution in [2.24, 2.45) is 0 Å². The van der Waals surface area contributed by atoms with Gasteiger partial charge in [0.25, 0.3) is 0 Å². The number of hydrogen-bond acceptors (Lipinski definition) is 3. The largest absolute Gasteiger partial charge is 0.328 e. The van der Waals surface area contributed by atoms with E-state index in [2.05, 4.69) is 58.8 Å². The molecule has 2 amide bonds. The number of nitrogens with zero attached hydrogens (tertiary/aromatic N) is 3. The first-order valence-corrected chi connectivity index (χ1v) is 9.72. The summed E-state index contributed by atoms with van der Waals surface area (Å²) in [6.45, 7) is 14.5. The minimum Gasteiger partial charge on any atom is -0.328 e. The van der Waals surface area contributed by atoms with Gasteiger partial charge in [0.1, 0.15) is 0 Å². The number of fused-ring (bicyclic) bond motifs is 1. The number of aryl methyl sites for hydroxylation is 3. The molecule has 3 rings (SSSR count). The number of anilines is 1. The summed E-state index contributed by atoms with van der Waals surface area (Å²) in [5, 5.41) is 17.8. The van der Waals surface area contributed by atoms with Crippen LogP contribution in [0, 0.1) is 20.8 Å². The molecule has 0 saturated heterocycles. The molecule has 1 atom stereocenters. The molecule has 2 heterocycles. The number of H-pyrrole nitrogens is 1. The molecule has 0 bridgehead atoms. The minimum atomic E-state index is -0.308. The Morgan fingerprint density at radius 3 is 2.43 bits per heavy atom. The highest BCUT2D eigenvalue weighted by molar-refractivity contribution is 5.91. The van der Waals surface area contributed by atoms with E-state index < -0.39 is 0 Å². The molecule has 150 valence electrons. The minimum absolute atomic E-state index is 0.0203. The number of urea groups is 1. The van der Waals surface area contributed by atoms with Gasteiger partial charge in [0, 0.05) is 22.9 Å². The van der Waals surface area contributed by atoms with Crippen LogP contribution in [0.2, 0.25) is 0 Å². The van der Waals surface area contributed by atoms with Gasteiger partial charge in [0.05, 0.1) is 6.04 Å². The lowest BCUT2D eigenvalue weighted by Crippen LogP contribution is -2.32. The topological polar surface area (TPSA) is 87.1 Å². The standard InChI is InChI=1S/C21H30N6O/c1-8-21(6,7)16-11-17-24-25-19(27(17)26-16)15(5)22-20(28)23-18-13(3)9-12(2)10-14(18)4/h9-11,15,26H,8H2,1-7H3,(H2,22,23,28). The molecule has 7 heteroatoms. The van der Waals surface area contributed by atoms with Crippen molar-refractivity contribution >= 4 is 17.4 Å². The molecule has 2 aromatic heterocycles. The summed E-state index contributed by atoms with van der Waals surface area (Å²) in [6.07, 6.45) is 1.00. The van der Waals surface area contributed by atoms with Gasteiger partial charge in [-0.1, -0.05) is 38.5 Å². The van der Waals surface area contributed by atoms with Crippen LogP contribution in [0.3, 0.4) is 0 Å². The van der Waals surface area contributed by atoms with E-state index in [0.717, 1.165) is 34.6 Å². The normalized spacial score (nSPS) is 13.0. The van der Waals surface area contributed by atoms with E-state index in [1.54, 1.807) is 0 Å². The van der Waals surface area contributed by atoms with Gasteiger partial charge in [-0.2, -0.15) is 0 Å². The predicted octanol–water partition coefficient (Wildman–Crippen LogP) is 4.55. The highest BCUT2D eigenvalue weighted by atomic mass is 16.2. The van der Waals surface area contributed by atoms with Crippen molar-refractivity contribution < 1.29 is 4.79 Å². The molecule has 0 aliphatic heterocycles. The first-order valence-electron chi connectivity index (χ1n) is 9.72. The third-order valence-corrected chi connectivity index (χ3v) is 5.48. The summed E-state index contributed by atoms with van der Waals surface area (Å²) in [5.74, 6) is 0.667. The van der Waals surface area contributed by atoms with Gasteiger partial charge in [0.2, 0.25) is 0 Å².